The molecule has 0 N–H and O–H groups in total. The summed E-state index contributed by atoms with van der Waals surface area (Å²) in [6.45, 7) is 0.0122. The van der Waals surface area contributed by atoms with Crippen molar-refractivity contribution in [3.05, 3.63) is 29.3 Å². The molecule has 0 amide bonds. The van der Waals surface area contributed by atoms with Crippen LogP contribution in [0.25, 0.3) is 0 Å². The summed E-state index contributed by atoms with van der Waals surface area (Å²) in [6.07, 6.45) is -9.36. The highest BCUT2D eigenvalue weighted by molar-refractivity contribution is 7.89. The minimum Gasteiger partial charge on any atom is -0.383 e. The van der Waals surface area contributed by atoms with Crippen molar-refractivity contribution >= 4 is 10.0 Å². The molecule has 4 nitrogen and oxygen atoms in total. The van der Waals surface area contributed by atoms with E-state index in [0.29, 0.717) is 12.8 Å². The highest BCUT2D eigenvalue weighted by Gasteiger charge is 2.41. The van der Waals surface area contributed by atoms with E-state index in [1.807, 2.05) is 0 Å². The normalized spacial score (nSPS) is 20.2. The molecule has 142 valence electrons. The third-order valence-corrected chi connectivity index (χ3v) is 5.78. The highest BCUT2D eigenvalue weighted by atomic mass is 32.2. The van der Waals surface area contributed by atoms with Gasteiger partial charge in [-0.1, -0.05) is 0 Å². The van der Waals surface area contributed by atoms with Crippen LogP contribution in [-0.2, 0) is 27.1 Å². The van der Waals surface area contributed by atoms with Crippen molar-refractivity contribution in [2.45, 2.75) is 36.1 Å². The van der Waals surface area contributed by atoms with Gasteiger partial charge in [-0.05, 0) is 31.0 Å². The van der Waals surface area contributed by atoms with Gasteiger partial charge < -0.3 is 4.74 Å². The Kier molecular flexibility index (Phi) is 5.41. The van der Waals surface area contributed by atoms with Crippen molar-refractivity contribution in [2.24, 2.45) is 0 Å². The van der Waals surface area contributed by atoms with E-state index in [-0.39, 0.29) is 31.4 Å². The fraction of sp³-hybridized carbons (Fsp3) is 0.571. The van der Waals surface area contributed by atoms with Gasteiger partial charge in [0.05, 0.1) is 22.6 Å². The molecular formula is C14H15F6NO3S. The van der Waals surface area contributed by atoms with Crippen molar-refractivity contribution in [1.82, 2.24) is 4.31 Å². The number of benzene rings is 1. The van der Waals surface area contributed by atoms with Gasteiger partial charge in [0.25, 0.3) is 0 Å². The molecule has 1 aromatic rings. The fourth-order valence-electron chi connectivity index (χ4n) is 2.70. The zero-order valence-electron chi connectivity index (χ0n) is 13.0. The van der Waals surface area contributed by atoms with Crippen LogP contribution in [-0.4, -0.2) is 39.0 Å². The van der Waals surface area contributed by atoms with Crippen LogP contribution in [0.15, 0.2) is 23.1 Å². The Labute approximate surface area is 140 Å². The number of alkyl halides is 6. The number of nitrogens with zero attached hydrogens (tertiary/aromatic N) is 1. The van der Waals surface area contributed by atoms with Gasteiger partial charge in [0.2, 0.25) is 10.0 Å². The van der Waals surface area contributed by atoms with E-state index in [9.17, 15) is 34.8 Å². The van der Waals surface area contributed by atoms with Crippen molar-refractivity contribution in [3.63, 3.8) is 0 Å². The van der Waals surface area contributed by atoms with E-state index in [0.717, 1.165) is 4.31 Å². The van der Waals surface area contributed by atoms with Gasteiger partial charge >= 0.3 is 12.4 Å². The molecule has 2 rings (SSSR count). The third kappa shape index (κ3) is 4.26. The Morgan fingerprint density at radius 3 is 2.04 bits per heavy atom. The van der Waals surface area contributed by atoms with Gasteiger partial charge in [-0.2, -0.15) is 30.6 Å². The first-order chi connectivity index (χ1) is 11.4. The van der Waals surface area contributed by atoms with Crippen LogP contribution in [0.4, 0.5) is 26.3 Å². The van der Waals surface area contributed by atoms with E-state index >= 15 is 0 Å². The Bertz CT molecular complexity index is 697. The number of methoxy groups -OCH3 is 1. The second-order valence-corrected chi connectivity index (χ2v) is 7.50. The zero-order chi connectivity index (χ0) is 19.0. The van der Waals surface area contributed by atoms with Gasteiger partial charge in [0.1, 0.15) is 0 Å². The molecule has 0 aromatic heterocycles. The molecule has 11 heteroatoms. The lowest BCUT2D eigenvalue weighted by molar-refractivity contribution is -0.143. The molecule has 0 bridgehead atoms. The van der Waals surface area contributed by atoms with E-state index in [1.54, 1.807) is 0 Å². The number of hydrogen-bond acceptors (Lipinski definition) is 3. The second kappa shape index (κ2) is 6.76. The molecule has 25 heavy (non-hydrogen) atoms. The number of halogens is 6. The maximum Gasteiger partial charge on any atom is 0.416 e. The van der Waals surface area contributed by atoms with E-state index in [4.69, 9.17) is 4.74 Å². The molecule has 1 atom stereocenters. The standard InChI is InChI=1S/C14H15F6NO3S/c1-24-8-11-3-2-4-21(11)25(22,23)12-6-9(13(15,16)17)5-10(7-12)14(18,19)20/h5-7,11H,2-4,8H2,1H3/t11-/m0/s1. The van der Waals surface area contributed by atoms with Crippen molar-refractivity contribution < 1.29 is 39.5 Å². The molecule has 1 aliphatic rings. The maximum absolute atomic E-state index is 12.9. The van der Waals surface area contributed by atoms with Gasteiger partial charge in [-0.3, -0.25) is 0 Å². The largest absolute Gasteiger partial charge is 0.416 e. The maximum atomic E-state index is 12.9. The highest BCUT2D eigenvalue weighted by Crippen LogP contribution is 2.38. The lowest BCUT2D eigenvalue weighted by atomic mass is 10.1. The summed E-state index contributed by atoms with van der Waals surface area (Å²) in [5.41, 5.74) is -3.33. The molecule has 1 fully saturated rings. The average molecular weight is 391 g/mol. The third-order valence-electron chi connectivity index (χ3n) is 3.85. The topological polar surface area (TPSA) is 46.6 Å². The molecule has 0 unspecified atom stereocenters. The van der Waals surface area contributed by atoms with Gasteiger partial charge in [-0.25, -0.2) is 8.42 Å². The van der Waals surface area contributed by atoms with Crippen LogP contribution in [0, 0.1) is 0 Å². The molecule has 1 heterocycles. The van der Waals surface area contributed by atoms with Crippen LogP contribution in [0.5, 0.6) is 0 Å². The zero-order valence-corrected chi connectivity index (χ0v) is 13.8. The Morgan fingerprint density at radius 2 is 1.60 bits per heavy atom. The van der Waals surface area contributed by atoms with E-state index < -0.39 is 44.4 Å². The molecule has 0 radical (unpaired) electrons. The molecule has 1 aromatic carbocycles. The number of hydrogen-bond donors (Lipinski definition) is 0. The lowest BCUT2D eigenvalue weighted by Crippen LogP contribution is -2.38. The predicted octanol–water partition coefficient (Wildman–Crippen LogP) is 3.52. The van der Waals surface area contributed by atoms with Crippen LogP contribution in [0.2, 0.25) is 0 Å². The van der Waals surface area contributed by atoms with Gasteiger partial charge in [-0.15, -0.1) is 0 Å². The van der Waals surface area contributed by atoms with Crippen LogP contribution in [0.3, 0.4) is 0 Å². The molecule has 1 saturated heterocycles. The summed E-state index contributed by atoms with van der Waals surface area (Å²) in [4.78, 5) is -1.03. The molecule has 0 spiro atoms. The fourth-order valence-corrected chi connectivity index (χ4v) is 4.45. The van der Waals surface area contributed by atoms with Crippen molar-refractivity contribution in [3.8, 4) is 0 Å². The Morgan fingerprint density at radius 1 is 1.08 bits per heavy atom. The average Bonchev–Trinajstić information content (AvgIpc) is 2.94. The summed E-state index contributed by atoms with van der Waals surface area (Å²) in [5.74, 6) is 0. The summed E-state index contributed by atoms with van der Waals surface area (Å²) in [5, 5.41) is 0. The molecule has 0 aliphatic carbocycles. The first-order valence-corrected chi connectivity index (χ1v) is 8.61. The second-order valence-electron chi connectivity index (χ2n) is 5.61. The van der Waals surface area contributed by atoms with Gasteiger partial charge in [0, 0.05) is 19.7 Å². The van der Waals surface area contributed by atoms with Crippen LogP contribution in [0.1, 0.15) is 24.0 Å². The SMILES string of the molecule is COC[C@@H]1CCCN1S(=O)(=O)c1cc(C(F)(F)F)cc(C(F)(F)F)c1. The van der Waals surface area contributed by atoms with Crippen molar-refractivity contribution in [2.75, 3.05) is 20.3 Å². The van der Waals surface area contributed by atoms with E-state index in [2.05, 4.69) is 0 Å². The summed E-state index contributed by atoms with van der Waals surface area (Å²) in [6, 6.07) is -0.270. The monoisotopic (exact) mass is 391 g/mol. The summed E-state index contributed by atoms with van der Waals surface area (Å²) < 4.78 is 108. The number of rotatable bonds is 4. The summed E-state index contributed by atoms with van der Waals surface area (Å²) >= 11 is 0. The summed E-state index contributed by atoms with van der Waals surface area (Å²) in [7, 11) is -3.19. The minimum atomic E-state index is -5.11. The quantitative estimate of drug-likeness (QED) is 0.738. The number of ether oxygens (including phenoxy) is 1. The van der Waals surface area contributed by atoms with Crippen LogP contribution < -0.4 is 0 Å². The molecular weight excluding hydrogens is 376 g/mol. The van der Waals surface area contributed by atoms with Crippen LogP contribution >= 0.6 is 0 Å². The van der Waals surface area contributed by atoms with Crippen molar-refractivity contribution in [1.29, 1.82) is 0 Å². The Hall–Kier alpha value is -1.33. The lowest BCUT2D eigenvalue weighted by Gasteiger charge is -2.24. The van der Waals surface area contributed by atoms with Gasteiger partial charge in [0.15, 0.2) is 0 Å². The number of sulfonamides is 1. The molecule has 0 saturated carbocycles. The first-order valence-electron chi connectivity index (χ1n) is 7.17. The first kappa shape index (κ1) is 20.0. The predicted molar refractivity (Wildman–Crippen MR) is 75.2 cm³/mol. The Balaban J connectivity index is 2.57. The van der Waals surface area contributed by atoms with E-state index in [1.165, 1.54) is 7.11 Å². The molecule has 1 aliphatic heterocycles. The smallest absolute Gasteiger partial charge is 0.383 e. The minimum absolute atomic E-state index is 0.00429.